The van der Waals surface area contributed by atoms with Crippen LogP contribution >= 0.6 is 0 Å². The maximum atomic E-state index is 12.8. The fraction of sp³-hybridized carbons (Fsp3) is 0.415. The molecular weight excluding hydrogens is 1050 g/mol. The number of carboxylic acids is 1. The Morgan fingerprint density at radius 1 is 0.686 bits per heavy atom. The number of anilines is 1. The molecule has 0 spiro atoms. The number of hydrogen-bond donors (Lipinski definition) is 8. The topological polar surface area (TPSA) is 382 Å². The van der Waals surface area contributed by atoms with Crippen LogP contribution in [0, 0.1) is 0 Å². The van der Waals surface area contributed by atoms with E-state index >= 15 is 0 Å². The van der Waals surface area contributed by atoms with Crippen molar-refractivity contribution in [2.45, 2.75) is 91.8 Å². The van der Waals surface area contributed by atoms with E-state index in [9.17, 15) is 87.7 Å². The van der Waals surface area contributed by atoms with Gasteiger partial charge in [0.1, 0.15) is 22.9 Å². The zero-order valence-electron chi connectivity index (χ0n) is 38.0. The van der Waals surface area contributed by atoms with Gasteiger partial charge in [0.05, 0.1) is 29.0 Å². The summed E-state index contributed by atoms with van der Waals surface area (Å²) < 4.78 is 209. The molecule has 3 aromatic carbocycles. The first-order valence-electron chi connectivity index (χ1n) is 20.6. The molecule has 8 N–H and O–H groups in total. The summed E-state index contributed by atoms with van der Waals surface area (Å²) in [6.45, 7) is 8.39. The average Bonchev–Trinajstić information content (AvgIpc) is 3.14. The molecule has 0 aromatic heterocycles. The lowest BCUT2D eigenvalue weighted by Crippen LogP contribution is -2.52. The fourth-order valence-electron chi connectivity index (χ4n) is 9.35. The quantitative estimate of drug-likeness (QED) is 0.0694. The summed E-state index contributed by atoms with van der Waals surface area (Å²) in [5.41, 5.74) is -2.98. The summed E-state index contributed by atoms with van der Waals surface area (Å²) in [6, 6.07) is 8.45. The summed E-state index contributed by atoms with van der Waals surface area (Å²) in [5, 5.41) is 12.7. The van der Waals surface area contributed by atoms with Crippen molar-refractivity contribution in [1.82, 2.24) is 9.89 Å². The molecule has 29 heteroatoms. The third kappa shape index (κ3) is 11.3. The molecule has 0 bridgehead atoms. The zero-order valence-corrected chi connectivity index (χ0v) is 42.9. The van der Waals surface area contributed by atoms with Crippen molar-refractivity contribution in [3.8, 4) is 0 Å². The van der Waals surface area contributed by atoms with Crippen LogP contribution in [0.4, 0.5) is 5.69 Å². The van der Waals surface area contributed by atoms with E-state index in [4.69, 9.17) is 0 Å². The summed E-state index contributed by atoms with van der Waals surface area (Å²) in [7, 11) is -31.0. The van der Waals surface area contributed by atoms with Crippen LogP contribution in [0.25, 0.3) is 16.8 Å². The number of nitrogens with one attached hydrogen (secondary N) is 1. The van der Waals surface area contributed by atoms with Crippen molar-refractivity contribution < 1.29 is 87.7 Å². The molecule has 0 amide bonds. The molecule has 23 nitrogen and oxygen atoms in total. The molecule has 2 aliphatic heterocycles. The first-order valence-corrected chi connectivity index (χ1v) is 29.7. The standard InChI is InChI=1S/C41H49N3O20S6/c1-39(2)17-24(21-65(47,48)49)27-13-29-31(15-33(27)43(39)11-7-8-36(45)46)41(5,6)32-16-34-28(14-30(32)38(29)42-19-37(69(59,60)61)70(62,63)64)25(22-66(50,51)52)18-40(3,4)44(34)20-23-9-10-26(67(53,54)55)12-35(23)68(56,57)58/h9-10,12-18,37H,7-8,11,19-22H2,1-6H3,(H7,45,46,47,48,49,50,51,52,53,54,55,56,57,58,59,60,61,62,63,64)/p+1. The Labute approximate surface area is 404 Å². The minimum absolute atomic E-state index is 0.00888. The summed E-state index contributed by atoms with van der Waals surface area (Å²) in [4.78, 5) is 11.4. The lowest BCUT2D eigenvalue weighted by atomic mass is 9.69. The first-order chi connectivity index (χ1) is 31.5. The molecule has 6 rings (SSSR count). The molecule has 0 saturated carbocycles. The molecule has 384 valence electrons. The maximum Gasteiger partial charge on any atom is 0.303 e. The molecule has 2 heterocycles. The van der Waals surface area contributed by atoms with Crippen LogP contribution in [0.15, 0.2) is 64.4 Å². The highest BCUT2D eigenvalue weighted by atomic mass is 32.3. The Morgan fingerprint density at radius 2 is 1.26 bits per heavy atom. The summed E-state index contributed by atoms with van der Waals surface area (Å²) >= 11 is 0. The van der Waals surface area contributed by atoms with Gasteiger partial charge in [-0.05, 0) is 78.1 Å². The van der Waals surface area contributed by atoms with E-state index in [1.807, 2.05) is 0 Å². The SMILES string of the molecule is CC1(C)c2cc3c(cc2C(NCC(S(=O)(=O)O)S(=O)(=O)O)=c2cc4c(cc21)=[N+](CCCC(=O)O)C(C)(C)C=C4CS(=O)(=O)O)C(CS(=O)(=O)O)=CC(C)(C)N3Cc1ccc(S(=O)(=O)O)cc1S(=O)(=O)O. The van der Waals surface area contributed by atoms with E-state index in [2.05, 4.69) is 5.32 Å². The van der Waals surface area contributed by atoms with Crippen LogP contribution in [0.2, 0.25) is 0 Å². The lowest BCUT2D eigenvalue weighted by molar-refractivity contribution is -0.137. The highest BCUT2D eigenvalue weighted by molar-refractivity contribution is 8.04. The Balaban J connectivity index is 1.78. The predicted molar refractivity (Wildman–Crippen MR) is 254 cm³/mol. The number of fused-ring (bicyclic) bond motifs is 4. The number of rotatable bonds is 17. The molecule has 3 aromatic rings. The average molecular weight is 1100 g/mol. The number of carboxylic acid groups (broad SMARTS) is 1. The molecule has 3 aliphatic rings. The summed E-state index contributed by atoms with van der Waals surface area (Å²) in [6.07, 6.45) is 2.78. The van der Waals surface area contributed by atoms with Gasteiger partial charge in [0.2, 0.25) is 9.94 Å². The van der Waals surface area contributed by atoms with Crippen LogP contribution in [0.3, 0.4) is 0 Å². The first kappa shape index (κ1) is 54.7. The molecule has 70 heavy (non-hydrogen) atoms. The van der Waals surface area contributed by atoms with Crippen LogP contribution in [-0.4, -0.2) is 129 Å². The van der Waals surface area contributed by atoms with Gasteiger partial charge in [-0.3, -0.25) is 32.1 Å². The largest absolute Gasteiger partial charge is 0.481 e. The van der Waals surface area contributed by atoms with E-state index in [0.29, 0.717) is 22.6 Å². The van der Waals surface area contributed by atoms with E-state index in [0.717, 1.165) is 12.1 Å². The van der Waals surface area contributed by atoms with Gasteiger partial charge < -0.3 is 15.3 Å². The van der Waals surface area contributed by atoms with Gasteiger partial charge in [0.15, 0.2) is 5.54 Å². The van der Waals surface area contributed by atoms with E-state index in [-0.39, 0.29) is 69.4 Å². The molecule has 0 unspecified atom stereocenters. The van der Waals surface area contributed by atoms with Gasteiger partial charge in [0.25, 0.3) is 60.7 Å². The third-order valence-corrected chi connectivity index (χ3v) is 18.6. The van der Waals surface area contributed by atoms with Crippen molar-refractivity contribution in [2.24, 2.45) is 0 Å². The van der Waals surface area contributed by atoms with Gasteiger partial charge in [0, 0.05) is 66.0 Å². The van der Waals surface area contributed by atoms with Crippen LogP contribution < -0.4 is 25.4 Å². The zero-order chi connectivity index (χ0) is 52.9. The van der Waals surface area contributed by atoms with E-state index < -0.39 is 122 Å². The normalized spacial score (nSPS) is 17.8. The van der Waals surface area contributed by atoms with Gasteiger partial charge in [-0.15, -0.1) is 0 Å². The van der Waals surface area contributed by atoms with E-state index in [1.54, 1.807) is 63.2 Å². The van der Waals surface area contributed by atoms with Crippen molar-refractivity contribution in [3.05, 3.63) is 98.6 Å². The van der Waals surface area contributed by atoms with Crippen LogP contribution in [0.5, 0.6) is 0 Å². The van der Waals surface area contributed by atoms with Crippen LogP contribution in [0.1, 0.15) is 87.8 Å². The van der Waals surface area contributed by atoms with Crippen molar-refractivity contribution in [1.29, 1.82) is 0 Å². The van der Waals surface area contributed by atoms with Gasteiger partial charge >= 0.3 is 5.97 Å². The molecule has 0 saturated heterocycles. The highest BCUT2D eigenvalue weighted by Crippen LogP contribution is 2.47. The Morgan fingerprint density at radius 3 is 1.77 bits per heavy atom. The smallest absolute Gasteiger partial charge is 0.303 e. The van der Waals surface area contributed by atoms with Crippen molar-refractivity contribution >= 4 is 89.2 Å². The fourth-order valence-corrected chi connectivity index (χ4v) is 13.8. The number of hydrogen-bond acceptors (Lipinski definition) is 15. The second kappa shape index (κ2) is 17.8. The lowest BCUT2D eigenvalue weighted by Gasteiger charge is -2.45. The predicted octanol–water partition coefficient (Wildman–Crippen LogP) is 1.16. The molecular formula is C41H50N3O20S6+. The Kier molecular flexibility index (Phi) is 13.9. The second-order valence-corrected chi connectivity index (χ2v) is 27.9. The number of carbonyl (C=O) groups is 1. The van der Waals surface area contributed by atoms with Crippen molar-refractivity contribution in [2.75, 3.05) is 29.5 Å². The Hall–Kier alpha value is -4.66. The summed E-state index contributed by atoms with van der Waals surface area (Å²) in [5.74, 6) is -3.06. The monoisotopic (exact) mass is 1100 g/mol. The minimum atomic E-state index is -5.58. The third-order valence-electron chi connectivity index (χ3n) is 12.4. The maximum absolute atomic E-state index is 12.8. The number of benzene rings is 3. The van der Waals surface area contributed by atoms with Crippen molar-refractivity contribution in [3.63, 3.8) is 0 Å². The molecule has 1 aliphatic carbocycles. The second-order valence-electron chi connectivity index (χ2n) is 18.7. The minimum Gasteiger partial charge on any atom is -0.481 e. The van der Waals surface area contributed by atoms with Gasteiger partial charge in [-0.2, -0.15) is 50.5 Å². The van der Waals surface area contributed by atoms with Crippen LogP contribution in [-0.2, 0) is 77.5 Å². The molecule has 0 atom stereocenters. The molecule has 0 radical (unpaired) electrons. The van der Waals surface area contributed by atoms with Gasteiger partial charge in [-0.1, -0.05) is 26.0 Å². The Bertz CT molecular complexity index is 3640. The van der Waals surface area contributed by atoms with E-state index in [1.165, 1.54) is 24.3 Å². The van der Waals surface area contributed by atoms with Gasteiger partial charge in [-0.25, -0.2) is 4.58 Å². The number of nitrogens with zero attached hydrogens (tertiary/aromatic N) is 2. The number of aliphatic carboxylic acids is 1. The highest BCUT2D eigenvalue weighted by Gasteiger charge is 2.43. The molecule has 0 fully saturated rings.